The first-order valence-electron chi connectivity index (χ1n) is 2.67. The van der Waals surface area contributed by atoms with Gasteiger partial charge in [-0.1, -0.05) is 0 Å². The molecule has 5 heteroatoms. The Morgan fingerprint density at radius 1 is 1.27 bits per heavy atom. The fraction of sp³-hybridized carbons (Fsp3) is 0.167. The predicted octanol–water partition coefficient (Wildman–Crippen LogP) is -1.23. The summed E-state index contributed by atoms with van der Waals surface area (Å²) in [7, 11) is 1.15. The van der Waals surface area contributed by atoms with Crippen molar-refractivity contribution in [1.29, 1.82) is 0 Å². The molecule has 5 nitrogen and oxygen atoms in total. The van der Waals surface area contributed by atoms with Crippen molar-refractivity contribution >= 4 is 17.7 Å². The van der Waals surface area contributed by atoms with Crippen LogP contribution in [0.15, 0.2) is 12.2 Å². The zero-order valence-corrected chi connectivity index (χ0v) is 5.87. The van der Waals surface area contributed by atoms with Crippen LogP contribution in [0.1, 0.15) is 0 Å². The maximum Gasteiger partial charge on any atom is 0.330 e. The Morgan fingerprint density at radius 2 is 1.82 bits per heavy atom. The Balaban J connectivity index is 4.04. The van der Waals surface area contributed by atoms with E-state index in [0.29, 0.717) is 0 Å². The van der Waals surface area contributed by atoms with E-state index in [2.05, 4.69) is 10.5 Å². The second kappa shape index (κ2) is 4.21. The van der Waals surface area contributed by atoms with Crippen LogP contribution in [-0.2, 0) is 19.1 Å². The lowest BCUT2D eigenvalue weighted by atomic mass is 10.3. The SMILES string of the molecule is COC(=O)/C=C/C(=O)C(N)=O. The van der Waals surface area contributed by atoms with E-state index in [4.69, 9.17) is 0 Å². The Bertz CT molecular complexity index is 219. The number of hydrogen-bond donors (Lipinski definition) is 1. The monoisotopic (exact) mass is 157 g/mol. The van der Waals surface area contributed by atoms with Crippen molar-refractivity contribution in [1.82, 2.24) is 0 Å². The van der Waals surface area contributed by atoms with Crippen molar-refractivity contribution in [2.45, 2.75) is 0 Å². The molecule has 60 valence electrons. The number of ketones is 1. The number of hydrogen-bond acceptors (Lipinski definition) is 4. The van der Waals surface area contributed by atoms with Crippen molar-refractivity contribution < 1.29 is 19.1 Å². The molecule has 2 N–H and O–H groups in total. The third-order valence-electron chi connectivity index (χ3n) is 0.815. The number of nitrogens with two attached hydrogens (primary N) is 1. The Kier molecular flexibility index (Phi) is 3.58. The highest BCUT2D eigenvalue weighted by atomic mass is 16.5. The van der Waals surface area contributed by atoms with Crippen LogP contribution in [0.25, 0.3) is 0 Å². The molecule has 0 aromatic heterocycles. The van der Waals surface area contributed by atoms with Crippen LogP contribution >= 0.6 is 0 Å². The minimum Gasteiger partial charge on any atom is -0.466 e. The first-order chi connectivity index (χ1) is 5.07. The number of carbonyl (C=O) groups excluding carboxylic acids is 3. The summed E-state index contributed by atoms with van der Waals surface area (Å²) in [5.41, 5.74) is 4.57. The quantitative estimate of drug-likeness (QED) is 0.315. The number of rotatable bonds is 3. The lowest BCUT2D eigenvalue weighted by Crippen LogP contribution is -2.21. The van der Waals surface area contributed by atoms with Gasteiger partial charge in [-0.15, -0.1) is 0 Å². The molecule has 0 unspecified atom stereocenters. The molecule has 0 rings (SSSR count). The largest absolute Gasteiger partial charge is 0.466 e. The smallest absolute Gasteiger partial charge is 0.330 e. The summed E-state index contributed by atoms with van der Waals surface area (Å²) in [6.07, 6.45) is 1.58. The Morgan fingerprint density at radius 3 is 2.18 bits per heavy atom. The summed E-state index contributed by atoms with van der Waals surface area (Å²) >= 11 is 0. The Labute approximate surface area is 62.8 Å². The maximum absolute atomic E-state index is 10.4. The zero-order chi connectivity index (χ0) is 8.85. The van der Waals surface area contributed by atoms with Gasteiger partial charge in [0.25, 0.3) is 5.91 Å². The summed E-state index contributed by atoms with van der Waals surface area (Å²) < 4.78 is 4.15. The van der Waals surface area contributed by atoms with Crippen LogP contribution in [0.5, 0.6) is 0 Å². The lowest BCUT2D eigenvalue weighted by Gasteiger charge is -1.87. The standard InChI is InChI=1S/C6H7NO4/c1-11-5(9)3-2-4(8)6(7)10/h2-3H,1H3,(H2,7,10)/b3-2+. The highest BCUT2D eigenvalue weighted by molar-refractivity contribution is 6.40. The Hall–Kier alpha value is -1.65. The van der Waals surface area contributed by atoms with E-state index in [-0.39, 0.29) is 0 Å². The molecule has 0 atom stereocenters. The average Bonchev–Trinajstić information content (AvgIpc) is 1.99. The maximum atomic E-state index is 10.4. The minimum atomic E-state index is -1.11. The molecule has 0 aliphatic rings. The molecule has 11 heavy (non-hydrogen) atoms. The summed E-state index contributed by atoms with van der Waals surface area (Å²) in [4.78, 5) is 30.8. The number of primary amides is 1. The normalized spacial score (nSPS) is 9.55. The third kappa shape index (κ3) is 3.85. The summed E-state index contributed by atoms with van der Waals surface area (Å²) in [6.45, 7) is 0. The summed E-state index contributed by atoms with van der Waals surface area (Å²) in [6, 6.07) is 0. The summed E-state index contributed by atoms with van der Waals surface area (Å²) in [5, 5.41) is 0. The van der Waals surface area contributed by atoms with Crippen molar-refractivity contribution in [3.63, 3.8) is 0 Å². The van der Waals surface area contributed by atoms with Gasteiger partial charge in [-0.25, -0.2) is 4.79 Å². The number of carbonyl (C=O) groups is 3. The lowest BCUT2D eigenvalue weighted by molar-refractivity contribution is -0.135. The van der Waals surface area contributed by atoms with E-state index in [9.17, 15) is 14.4 Å². The van der Waals surface area contributed by atoms with E-state index < -0.39 is 17.7 Å². The van der Waals surface area contributed by atoms with Crippen LogP contribution in [0, 0.1) is 0 Å². The van der Waals surface area contributed by atoms with E-state index >= 15 is 0 Å². The highest BCUT2D eigenvalue weighted by Crippen LogP contribution is 1.79. The summed E-state index contributed by atoms with van der Waals surface area (Å²) in [5.74, 6) is -2.75. The van der Waals surface area contributed by atoms with Crippen LogP contribution in [-0.4, -0.2) is 24.8 Å². The van der Waals surface area contributed by atoms with Gasteiger partial charge in [0, 0.05) is 6.08 Å². The number of esters is 1. The van der Waals surface area contributed by atoms with Gasteiger partial charge >= 0.3 is 5.97 Å². The van der Waals surface area contributed by atoms with Crippen LogP contribution < -0.4 is 5.73 Å². The van der Waals surface area contributed by atoms with Crippen LogP contribution in [0.3, 0.4) is 0 Å². The number of ether oxygens (including phenoxy) is 1. The first-order valence-corrected chi connectivity index (χ1v) is 2.67. The molecule has 0 radical (unpaired) electrons. The van der Waals surface area contributed by atoms with Gasteiger partial charge in [-0.3, -0.25) is 9.59 Å². The predicted molar refractivity (Wildman–Crippen MR) is 35.4 cm³/mol. The third-order valence-corrected chi connectivity index (χ3v) is 0.815. The van der Waals surface area contributed by atoms with Crippen molar-refractivity contribution in [2.24, 2.45) is 5.73 Å². The zero-order valence-electron chi connectivity index (χ0n) is 5.87. The van der Waals surface area contributed by atoms with Crippen LogP contribution in [0.4, 0.5) is 0 Å². The molecule has 0 aliphatic heterocycles. The van der Waals surface area contributed by atoms with Gasteiger partial charge in [-0.2, -0.15) is 0 Å². The van der Waals surface area contributed by atoms with E-state index in [1.807, 2.05) is 0 Å². The second-order valence-electron chi connectivity index (χ2n) is 1.58. The minimum absolute atomic E-state index is 0.709. The number of methoxy groups -OCH3 is 1. The van der Waals surface area contributed by atoms with E-state index in [1.165, 1.54) is 0 Å². The molecule has 0 saturated carbocycles. The van der Waals surface area contributed by atoms with E-state index in [1.54, 1.807) is 0 Å². The molecule has 0 saturated heterocycles. The highest BCUT2D eigenvalue weighted by Gasteiger charge is 2.03. The van der Waals surface area contributed by atoms with Crippen molar-refractivity contribution in [3.05, 3.63) is 12.2 Å². The molecule has 0 aromatic carbocycles. The number of amides is 1. The van der Waals surface area contributed by atoms with Crippen molar-refractivity contribution in [2.75, 3.05) is 7.11 Å². The molecule has 0 aromatic rings. The molecular weight excluding hydrogens is 150 g/mol. The van der Waals surface area contributed by atoms with Gasteiger partial charge in [-0.05, 0) is 6.08 Å². The van der Waals surface area contributed by atoms with Gasteiger partial charge in [0.15, 0.2) is 0 Å². The topological polar surface area (TPSA) is 86.5 Å². The molecule has 0 fully saturated rings. The van der Waals surface area contributed by atoms with E-state index in [0.717, 1.165) is 19.3 Å². The fourth-order valence-electron chi connectivity index (χ4n) is 0.294. The van der Waals surface area contributed by atoms with Gasteiger partial charge in [0.05, 0.1) is 7.11 Å². The molecule has 0 spiro atoms. The molecule has 0 heterocycles. The van der Waals surface area contributed by atoms with Gasteiger partial charge < -0.3 is 10.5 Å². The van der Waals surface area contributed by atoms with Gasteiger partial charge in [0.1, 0.15) is 0 Å². The first kappa shape index (κ1) is 9.35. The van der Waals surface area contributed by atoms with Crippen LogP contribution in [0.2, 0.25) is 0 Å². The average molecular weight is 157 g/mol. The molecule has 1 amide bonds. The molecular formula is C6H7NO4. The van der Waals surface area contributed by atoms with Crippen molar-refractivity contribution in [3.8, 4) is 0 Å². The molecule has 0 aliphatic carbocycles. The van der Waals surface area contributed by atoms with Gasteiger partial charge in [0.2, 0.25) is 5.78 Å². The second-order valence-corrected chi connectivity index (χ2v) is 1.58. The fourth-order valence-corrected chi connectivity index (χ4v) is 0.294. The molecule has 0 bridgehead atoms.